The second-order valence-corrected chi connectivity index (χ2v) is 6.81. The van der Waals surface area contributed by atoms with Gasteiger partial charge in [-0.1, -0.05) is 18.2 Å². The lowest BCUT2D eigenvalue weighted by atomic mass is 10.1. The Labute approximate surface area is 176 Å². The molecule has 1 saturated heterocycles. The number of hydrazine groups is 1. The summed E-state index contributed by atoms with van der Waals surface area (Å²) in [6.07, 6.45) is -2.52. The molecule has 2 amide bonds. The largest absolute Gasteiger partial charge is 0.387 e. The van der Waals surface area contributed by atoms with Gasteiger partial charge in [-0.2, -0.15) is 0 Å². The van der Waals surface area contributed by atoms with Crippen molar-refractivity contribution < 1.29 is 24.5 Å². The zero-order chi connectivity index (χ0) is 22.0. The Morgan fingerprint density at radius 2 is 1.90 bits per heavy atom. The van der Waals surface area contributed by atoms with Gasteiger partial charge < -0.3 is 20.3 Å². The molecule has 0 radical (unpaired) electrons. The predicted molar refractivity (Wildman–Crippen MR) is 107 cm³/mol. The van der Waals surface area contributed by atoms with Crippen LogP contribution in [0.1, 0.15) is 23.5 Å². The molecule has 4 unspecified atom stereocenters. The first-order valence-electron chi connectivity index (χ1n) is 9.59. The third kappa shape index (κ3) is 3.91. The number of nitrogens with one attached hydrogen (secondary N) is 3. The predicted octanol–water partition coefficient (Wildman–Crippen LogP) is -0.661. The van der Waals surface area contributed by atoms with Crippen LogP contribution in [-0.4, -0.2) is 66.4 Å². The average molecular weight is 427 g/mol. The van der Waals surface area contributed by atoms with Gasteiger partial charge in [-0.3, -0.25) is 25.0 Å². The number of fused-ring (bicyclic) bond motifs is 1. The molecule has 1 fully saturated rings. The molecule has 12 heteroatoms. The number of aliphatic hydroxyl groups excluding tert-OH is 2. The SMILES string of the molecule is CCNC(=O)C1OC(n2cnc3c(NNC(=O)c4ccccc4)ncnc32)C(O)C1O. The lowest BCUT2D eigenvalue weighted by Crippen LogP contribution is -2.42. The van der Waals surface area contributed by atoms with Crippen molar-refractivity contribution in [2.45, 2.75) is 31.5 Å². The van der Waals surface area contributed by atoms with Crippen molar-refractivity contribution in [2.75, 3.05) is 12.0 Å². The fourth-order valence-electron chi connectivity index (χ4n) is 3.29. The molecule has 2 aromatic heterocycles. The van der Waals surface area contributed by atoms with E-state index >= 15 is 0 Å². The Bertz CT molecular complexity index is 1090. The normalized spacial score (nSPS) is 22.9. The molecule has 1 aliphatic heterocycles. The highest BCUT2D eigenvalue weighted by atomic mass is 16.6. The van der Waals surface area contributed by atoms with E-state index in [-0.39, 0.29) is 17.4 Å². The summed E-state index contributed by atoms with van der Waals surface area (Å²) in [7, 11) is 0. The van der Waals surface area contributed by atoms with Crippen LogP contribution in [0.3, 0.4) is 0 Å². The monoisotopic (exact) mass is 427 g/mol. The number of benzene rings is 1. The van der Waals surface area contributed by atoms with Crippen LogP contribution in [-0.2, 0) is 9.53 Å². The van der Waals surface area contributed by atoms with Crippen molar-refractivity contribution >= 4 is 28.8 Å². The van der Waals surface area contributed by atoms with Crippen molar-refractivity contribution in [1.82, 2.24) is 30.3 Å². The second kappa shape index (κ2) is 8.63. The maximum Gasteiger partial charge on any atom is 0.269 e. The molecule has 12 nitrogen and oxygen atoms in total. The molecule has 0 bridgehead atoms. The van der Waals surface area contributed by atoms with Gasteiger partial charge in [-0.15, -0.1) is 0 Å². The van der Waals surface area contributed by atoms with E-state index < -0.39 is 30.4 Å². The smallest absolute Gasteiger partial charge is 0.269 e. The first kappa shape index (κ1) is 20.7. The number of aliphatic hydroxyl groups is 2. The number of imidazole rings is 1. The zero-order valence-corrected chi connectivity index (χ0v) is 16.5. The van der Waals surface area contributed by atoms with Gasteiger partial charge in [0.1, 0.15) is 18.5 Å². The van der Waals surface area contributed by atoms with Crippen LogP contribution in [0.15, 0.2) is 43.0 Å². The van der Waals surface area contributed by atoms with Gasteiger partial charge in [-0.05, 0) is 19.1 Å². The van der Waals surface area contributed by atoms with Crippen LogP contribution >= 0.6 is 0 Å². The standard InChI is InChI=1S/C19H21N7O5/c1-2-20-18(30)14-12(27)13(28)19(31-14)26-9-23-11-15(21-8-22-16(11)26)24-25-17(29)10-6-4-3-5-7-10/h3-9,12-14,19,27-28H,2H2,1H3,(H,20,30)(H,25,29)(H,21,22,24). The van der Waals surface area contributed by atoms with Crippen molar-refractivity contribution in [3.8, 4) is 0 Å². The number of hydrogen-bond donors (Lipinski definition) is 5. The van der Waals surface area contributed by atoms with E-state index in [9.17, 15) is 19.8 Å². The van der Waals surface area contributed by atoms with Crippen molar-refractivity contribution in [3.05, 3.63) is 48.5 Å². The van der Waals surface area contributed by atoms with Crippen LogP contribution in [0.5, 0.6) is 0 Å². The molecule has 3 aromatic rings. The molecular formula is C19H21N7O5. The third-order valence-corrected chi connectivity index (χ3v) is 4.81. The first-order chi connectivity index (χ1) is 15.0. The number of anilines is 1. The number of carbonyl (C=O) groups excluding carboxylic acids is 2. The quantitative estimate of drug-likeness (QED) is 0.321. The first-order valence-corrected chi connectivity index (χ1v) is 9.59. The highest BCUT2D eigenvalue weighted by molar-refractivity contribution is 5.95. The molecule has 31 heavy (non-hydrogen) atoms. The molecule has 4 rings (SSSR count). The number of rotatable bonds is 6. The summed E-state index contributed by atoms with van der Waals surface area (Å²) in [6.45, 7) is 2.09. The molecule has 162 valence electrons. The summed E-state index contributed by atoms with van der Waals surface area (Å²) in [5, 5.41) is 23.2. The van der Waals surface area contributed by atoms with E-state index in [1.54, 1.807) is 37.3 Å². The van der Waals surface area contributed by atoms with Gasteiger partial charge in [0.25, 0.3) is 11.8 Å². The lowest BCUT2D eigenvalue weighted by molar-refractivity contribution is -0.137. The summed E-state index contributed by atoms with van der Waals surface area (Å²) < 4.78 is 7.01. The molecule has 3 heterocycles. The maximum absolute atomic E-state index is 12.2. The van der Waals surface area contributed by atoms with Crippen LogP contribution in [0.4, 0.5) is 5.82 Å². The maximum atomic E-state index is 12.2. The number of likely N-dealkylation sites (N-methyl/N-ethyl adjacent to an activating group) is 1. The molecule has 5 N–H and O–H groups in total. The van der Waals surface area contributed by atoms with E-state index in [4.69, 9.17) is 4.74 Å². The Kier molecular flexibility index (Phi) is 5.75. The van der Waals surface area contributed by atoms with Crippen LogP contribution in [0, 0.1) is 0 Å². The van der Waals surface area contributed by atoms with Gasteiger partial charge in [0, 0.05) is 12.1 Å². The van der Waals surface area contributed by atoms with Gasteiger partial charge >= 0.3 is 0 Å². The van der Waals surface area contributed by atoms with Crippen molar-refractivity contribution in [3.63, 3.8) is 0 Å². The van der Waals surface area contributed by atoms with Crippen molar-refractivity contribution in [1.29, 1.82) is 0 Å². The number of nitrogens with zero attached hydrogens (tertiary/aromatic N) is 4. The van der Waals surface area contributed by atoms with Crippen LogP contribution in [0.25, 0.3) is 11.2 Å². The minimum Gasteiger partial charge on any atom is -0.387 e. The fraction of sp³-hybridized carbons (Fsp3) is 0.316. The summed E-state index contributed by atoms with van der Waals surface area (Å²) >= 11 is 0. The number of hydrogen-bond acceptors (Lipinski definition) is 9. The number of amides is 2. The van der Waals surface area contributed by atoms with Gasteiger partial charge in [-0.25, -0.2) is 15.0 Å². The number of ether oxygens (including phenoxy) is 1. The average Bonchev–Trinajstić information content (AvgIpc) is 3.34. The molecule has 1 aliphatic rings. The Hall–Kier alpha value is -3.61. The topological polar surface area (TPSA) is 164 Å². The Morgan fingerprint density at radius 1 is 1.13 bits per heavy atom. The summed E-state index contributed by atoms with van der Waals surface area (Å²) in [6, 6.07) is 8.62. The highest BCUT2D eigenvalue weighted by Crippen LogP contribution is 2.32. The molecule has 4 atom stereocenters. The fourth-order valence-corrected chi connectivity index (χ4v) is 3.29. The Balaban J connectivity index is 1.55. The van der Waals surface area contributed by atoms with Gasteiger partial charge in [0.05, 0.1) is 6.33 Å². The molecule has 1 aromatic carbocycles. The summed E-state index contributed by atoms with van der Waals surface area (Å²) in [4.78, 5) is 36.8. The number of carbonyl (C=O) groups is 2. The molecule has 0 aliphatic carbocycles. The van der Waals surface area contributed by atoms with E-state index in [0.717, 1.165) is 0 Å². The molecular weight excluding hydrogens is 406 g/mol. The van der Waals surface area contributed by atoms with E-state index in [0.29, 0.717) is 17.6 Å². The van der Waals surface area contributed by atoms with Crippen LogP contribution < -0.4 is 16.2 Å². The van der Waals surface area contributed by atoms with E-state index in [2.05, 4.69) is 31.1 Å². The lowest BCUT2D eigenvalue weighted by Gasteiger charge is -2.16. The molecule has 0 spiro atoms. The third-order valence-electron chi connectivity index (χ3n) is 4.81. The zero-order valence-electron chi connectivity index (χ0n) is 16.5. The van der Waals surface area contributed by atoms with Crippen molar-refractivity contribution in [2.24, 2.45) is 0 Å². The van der Waals surface area contributed by atoms with Crippen LogP contribution in [0.2, 0.25) is 0 Å². The Morgan fingerprint density at radius 3 is 2.65 bits per heavy atom. The highest BCUT2D eigenvalue weighted by Gasteiger charge is 2.47. The number of aromatic nitrogens is 4. The summed E-state index contributed by atoms with van der Waals surface area (Å²) in [5.41, 5.74) is 6.27. The molecule has 0 saturated carbocycles. The minimum absolute atomic E-state index is 0.223. The van der Waals surface area contributed by atoms with Gasteiger partial charge in [0.15, 0.2) is 29.3 Å². The van der Waals surface area contributed by atoms with Gasteiger partial charge in [0.2, 0.25) is 0 Å². The van der Waals surface area contributed by atoms with E-state index in [1.165, 1.54) is 17.2 Å². The van der Waals surface area contributed by atoms with E-state index in [1.807, 2.05) is 0 Å². The second-order valence-electron chi connectivity index (χ2n) is 6.81. The summed E-state index contributed by atoms with van der Waals surface area (Å²) in [5.74, 6) is -0.669. The minimum atomic E-state index is -1.42.